The molecule has 2 heterocycles. The lowest BCUT2D eigenvalue weighted by molar-refractivity contribution is 0.0944. The summed E-state index contributed by atoms with van der Waals surface area (Å²) in [6.07, 6.45) is 1.64. The molecular formula is C31H36N4O4. The molecule has 0 saturated carbocycles. The number of aryl methyl sites for hydroxylation is 1. The lowest BCUT2D eigenvalue weighted by Gasteiger charge is -2.26. The van der Waals surface area contributed by atoms with Gasteiger partial charge in [-0.2, -0.15) is 5.10 Å². The molecule has 0 aliphatic rings. The first kappa shape index (κ1) is 27.7. The van der Waals surface area contributed by atoms with Gasteiger partial charge in [-0.1, -0.05) is 70.2 Å². The van der Waals surface area contributed by atoms with Crippen LogP contribution in [0.4, 0.5) is 5.69 Å². The van der Waals surface area contributed by atoms with Gasteiger partial charge in [-0.15, -0.1) is 0 Å². The minimum atomic E-state index is -0.470. The summed E-state index contributed by atoms with van der Waals surface area (Å²) in [4.78, 5) is 25.5. The average molecular weight is 529 g/mol. The van der Waals surface area contributed by atoms with Crippen LogP contribution in [0, 0.1) is 5.92 Å². The Balaban J connectivity index is 1.37. The van der Waals surface area contributed by atoms with E-state index in [0.29, 0.717) is 36.2 Å². The summed E-state index contributed by atoms with van der Waals surface area (Å²) in [5.41, 5.74) is 2.79. The number of carbonyl (C=O) groups excluding carboxylic acids is 2. The predicted octanol–water partition coefficient (Wildman–Crippen LogP) is 6.04. The van der Waals surface area contributed by atoms with Crippen LogP contribution in [0.2, 0.25) is 0 Å². The number of nitrogens with one attached hydrogen (secondary N) is 2. The monoisotopic (exact) mass is 528 g/mol. The summed E-state index contributed by atoms with van der Waals surface area (Å²) >= 11 is 0. The second-order valence-electron chi connectivity index (χ2n) is 10.4. The number of rotatable bonds is 11. The highest BCUT2D eigenvalue weighted by Crippen LogP contribution is 2.32. The Hall–Kier alpha value is -4.33. The van der Waals surface area contributed by atoms with Gasteiger partial charge in [0.15, 0.2) is 11.5 Å². The van der Waals surface area contributed by atoms with Crippen LogP contribution in [-0.2, 0) is 18.6 Å². The van der Waals surface area contributed by atoms with Gasteiger partial charge < -0.3 is 19.8 Å². The maximum Gasteiger partial charge on any atom is 0.291 e. The van der Waals surface area contributed by atoms with Crippen LogP contribution in [0.25, 0.3) is 0 Å². The standard InChI is InChI=1S/C31H36N4O4/c1-6-35-19-26(28(34-35)30(37)32-18-21(2)3)33-29(36)27-17-16-25(39-27)20-38-24-14-12-23(13-15-24)31(4,5)22-10-8-7-9-11-22/h7-17,19,21H,6,18,20H2,1-5H3,(H,32,37)(H,33,36). The molecular weight excluding hydrogens is 492 g/mol. The second-order valence-corrected chi connectivity index (χ2v) is 10.4. The first-order valence-corrected chi connectivity index (χ1v) is 13.2. The fraction of sp³-hybridized carbons (Fsp3) is 0.323. The Bertz CT molecular complexity index is 1400. The highest BCUT2D eigenvalue weighted by Gasteiger charge is 2.23. The third kappa shape index (κ3) is 6.76. The number of hydrogen-bond donors (Lipinski definition) is 2. The van der Waals surface area contributed by atoms with Crippen LogP contribution in [0.15, 0.2) is 77.3 Å². The largest absolute Gasteiger partial charge is 0.486 e. The molecule has 2 amide bonds. The van der Waals surface area contributed by atoms with Crippen molar-refractivity contribution in [1.29, 1.82) is 0 Å². The van der Waals surface area contributed by atoms with E-state index in [2.05, 4.69) is 53.8 Å². The van der Waals surface area contributed by atoms with Gasteiger partial charge in [0.25, 0.3) is 11.8 Å². The summed E-state index contributed by atoms with van der Waals surface area (Å²) in [6, 6.07) is 21.7. The van der Waals surface area contributed by atoms with E-state index >= 15 is 0 Å². The van der Waals surface area contributed by atoms with Gasteiger partial charge in [-0.25, -0.2) is 0 Å². The lowest BCUT2D eigenvalue weighted by atomic mass is 9.78. The number of benzene rings is 2. The highest BCUT2D eigenvalue weighted by molar-refractivity contribution is 6.07. The van der Waals surface area contributed by atoms with Crippen LogP contribution in [0.1, 0.15) is 72.5 Å². The third-order valence-corrected chi connectivity index (χ3v) is 6.56. The van der Waals surface area contributed by atoms with E-state index < -0.39 is 5.91 Å². The number of hydrogen-bond acceptors (Lipinski definition) is 5. The third-order valence-electron chi connectivity index (χ3n) is 6.56. The van der Waals surface area contributed by atoms with Crippen molar-refractivity contribution in [3.05, 3.63) is 101 Å². The van der Waals surface area contributed by atoms with Crippen molar-refractivity contribution in [3.63, 3.8) is 0 Å². The molecule has 2 N–H and O–H groups in total. The highest BCUT2D eigenvalue weighted by atomic mass is 16.5. The molecule has 0 aliphatic carbocycles. The number of anilines is 1. The molecule has 2 aromatic carbocycles. The first-order chi connectivity index (χ1) is 18.7. The van der Waals surface area contributed by atoms with Gasteiger partial charge in [0.2, 0.25) is 0 Å². The van der Waals surface area contributed by atoms with Crippen LogP contribution in [-0.4, -0.2) is 28.1 Å². The van der Waals surface area contributed by atoms with Crippen molar-refractivity contribution in [2.75, 3.05) is 11.9 Å². The van der Waals surface area contributed by atoms with Crippen molar-refractivity contribution in [2.24, 2.45) is 5.92 Å². The average Bonchev–Trinajstić information content (AvgIpc) is 3.58. The van der Waals surface area contributed by atoms with Crippen molar-refractivity contribution in [3.8, 4) is 5.75 Å². The first-order valence-electron chi connectivity index (χ1n) is 13.2. The molecule has 0 spiro atoms. The quantitative estimate of drug-likeness (QED) is 0.247. The van der Waals surface area contributed by atoms with E-state index in [4.69, 9.17) is 9.15 Å². The Kier molecular flexibility index (Phi) is 8.54. The molecule has 8 nitrogen and oxygen atoms in total. The van der Waals surface area contributed by atoms with E-state index in [1.807, 2.05) is 51.1 Å². The van der Waals surface area contributed by atoms with Gasteiger partial charge in [-0.3, -0.25) is 14.3 Å². The van der Waals surface area contributed by atoms with Crippen molar-refractivity contribution in [2.45, 2.75) is 53.2 Å². The summed E-state index contributed by atoms with van der Waals surface area (Å²) in [6.45, 7) is 11.6. The molecule has 0 atom stereocenters. The molecule has 39 heavy (non-hydrogen) atoms. The molecule has 0 fully saturated rings. The summed E-state index contributed by atoms with van der Waals surface area (Å²) in [7, 11) is 0. The fourth-order valence-electron chi connectivity index (χ4n) is 4.13. The zero-order chi connectivity index (χ0) is 28.0. The Morgan fingerprint density at radius 2 is 1.67 bits per heavy atom. The van der Waals surface area contributed by atoms with E-state index in [-0.39, 0.29) is 29.4 Å². The van der Waals surface area contributed by atoms with E-state index in [9.17, 15) is 9.59 Å². The summed E-state index contributed by atoms with van der Waals surface area (Å²) < 4.78 is 13.2. The fourth-order valence-corrected chi connectivity index (χ4v) is 4.13. The minimum absolute atomic E-state index is 0.117. The Morgan fingerprint density at radius 3 is 2.33 bits per heavy atom. The van der Waals surface area contributed by atoms with Crippen LogP contribution in [0.5, 0.6) is 5.75 Å². The van der Waals surface area contributed by atoms with Gasteiger partial charge >= 0.3 is 0 Å². The van der Waals surface area contributed by atoms with Crippen LogP contribution < -0.4 is 15.4 Å². The van der Waals surface area contributed by atoms with Crippen LogP contribution in [0.3, 0.4) is 0 Å². The second kappa shape index (κ2) is 12.0. The predicted molar refractivity (Wildman–Crippen MR) is 151 cm³/mol. The number of aromatic nitrogens is 2. The van der Waals surface area contributed by atoms with E-state index in [1.54, 1.807) is 23.0 Å². The topological polar surface area (TPSA) is 98.4 Å². The van der Waals surface area contributed by atoms with Gasteiger partial charge in [-0.05, 0) is 48.2 Å². The molecule has 0 bridgehead atoms. The maximum absolute atomic E-state index is 12.9. The zero-order valence-electron chi connectivity index (χ0n) is 23.2. The molecule has 204 valence electrons. The molecule has 0 saturated heterocycles. The van der Waals surface area contributed by atoms with Crippen molar-refractivity contribution in [1.82, 2.24) is 15.1 Å². The van der Waals surface area contributed by atoms with Crippen LogP contribution >= 0.6 is 0 Å². The molecule has 4 rings (SSSR count). The Labute approximate surface area is 229 Å². The molecule has 0 radical (unpaired) electrons. The minimum Gasteiger partial charge on any atom is -0.486 e. The zero-order valence-corrected chi connectivity index (χ0v) is 23.2. The SMILES string of the molecule is CCn1cc(NC(=O)c2ccc(COc3ccc(C(C)(C)c4ccccc4)cc3)o2)c(C(=O)NCC(C)C)n1. The number of amides is 2. The number of furan rings is 1. The summed E-state index contributed by atoms with van der Waals surface area (Å²) in [5, 5.41) is 9.89. The molecule has 4 aromatic rings. The van der Waals surface area contributed by atoms with Gasteiger partial charge in [0, 0.05) is 24.7 Å². The maximum atomic E-state index is 12.9. The molecule has 8 heteroatoms. The lowest BCUT2D eigenvalue weighted by Crippen LogP contribution is -2.28. The molecule has 2 aromatic heterocycles. The molecule has 0 aliphatic heterocycles. The van der Waals surface area contributed by atoms with E-state index in [1.165, 1.54) is 11.1 Å². The molecule has 0 unspecified atom stereocenters. The van der Waals surface area contributed by atoms with Crippen molar-refractivity contribution >= 4 is 17.5 Å². The number of nitrogens with zero attached hydrogens (tertiary/aromatic N) is 2. The normalized spacial score (nSPS) is 11.4. The van der Waals surface area contributed by atoms with Gasteiger partial charge in [0.1, 0.15) is 18.1 Å². The van der Waals surface area contributed by atoms with Crippen molar-refractivity contribution < 1.29 is 18.7 Å². The summed E-state index contributed by atoms with van der Waals surface area (Å²) in [5.74, 6) is 0.816. The number of carbonyl (C=O) groups is 2. The van der Waals surface area contributed by atoms with Gasteiger partial charge in [0.05, 0.1) is 5.69 Å². The number of ether oxygens (including phenoxy) is 1. The van der Waals surface area contributed by atoms with E-state index in [0.717, 1.165) is 0 Å². The Morgan fingerprint density at radius 1 is 0.974 bits per heavy atom. The smallest absolute Gasteiger partial charge is 0.291 e.